The Morgan fingerprint density at radius 2 is 2.05 bits per heavy atom. The van der Waals surface area contributed by atoms with Crippen LogP contribution in [-0.4, -0.2) is 43.3 Å². The van der Waals surface area contributed by atoms with Crippen molar-refractivity contribution in [3.63, 3.8) is 0 Å². The zero-order valence-electron chi connectivity index (χ0n) is 13.7. The highest BCUT2D eigenvalue weighted by Gasteiger charge is 2.26. The highest BCUT2D eigenvalue weighted by molar-refractivity contribution is 6.01. The molecule has 1 heterocycles. The van der Waals surface area contributed by atoms with Crippen LogP contribution >= 0.6 is 0 Å². The fraction of sp³-hybridized carbons (Fsp3) is 0.500. The first kappa shape index (κ1) is 18.0. The Balaban J connectivity index is 3.23. The molecule has 1 N–H and O–H groups in total. The highest BCUT2D eigenvalue weighted by atomic mass is 16.5. The number of nitrogens with zero attached hydrogens (tertiary/aromatic N) is 1. The summed E-state index contributed by atoms with van der Waals surface area (Å²) in [6.07, 6.45) is 1.68. The minimum Gasteiger partial charge on any atom is -0.461 e. The van der Waals surface area contributed by atoms with Gasteiger partial charge in [-0.2, -0.15) is 0 Å². The van der Waals surface area contributed by atoms with E-state index in [1.807, 2.05) is 6.92 Å². The van der Waals surface area contributed by atoms with Crippen LogP contribution in [0.25, 0.3) is 0 Å². The summed E-state index contributed by atoms with van der Waals surface area (Å²) < 4.78 is 11.8. The fourth-order valence-corrected chi connectivity index (χ4v) is 2.40. The first-order chi connectivity index (χ1) is 10.5. The van der Waals surface area contributed by atoms with Crippen LogP contribution in [0.2, 0.25) is 0 Å². The molecule has 0 atom stereocenters. The molecule has 0 aromatic carbocycles. The van der Waals surface area contributed by atoms with Gasteiger partial charge in [0, 0.05) is 25.9 Å². The summed E-state index contributed by atoms with van der Waals surface area (Å²) in [7, 11) is 1.57. The standard InChI is InChI=1S/C16H24N2O4/c1-6-9-18-12(4)13(15(19)17-8-10-21-5)11(3)14(18)16(20)22-7-2/h6H,1,7-10H2,2-5H3,(H,17,19). The van der Waals surface area contributed by atoms with Crippen molar-refractivity contribution < 1.29 is 19.1 Å². The number of esters is 1. The number of hydrogen-bond acceptors (Lipinski definition) is 4. The number of rotatable bonds is 8. The van der Waals surface area contributed by atoms with E-state index in [2.05, 4.69) is 11.9 Å². The Labute approximate surface area is 131 Å². The Hall–Kier alpha value is -2.08. The van der Waals surface area contributed by atoms with Crippen LogP contribution in [-0.2, 0) is 16.0 Å². The maximum atomic E-state index is 12.4. The fourth-order valence-electron chi connectivity index (χ4n) is 2.40. The molecule has 1 aromatic rings. The summed E-state index contributed by atoms with van der Waals surface area (Å²) in [5.74, 6) is -0.652. The van der Waals surface area contributed by atoms with Crippen molar-refractivity contribution in [1.29, 1.82) is 0 Å². The van der Waals surface area contributed by atoms with Gasteiger partial charge in [0.1, 0.15) is 5.69 Å². The second-order valence-electron chi connectivity index (χ2n) is 4.80. The Morgan fingerprint density at radius 3 is 2.59 bits per heavy atom. The van der Waals surface area contributed by atoms with E-state index in [1.165, 1.54) is 0 Å². The lowest BCUT2D eigenvalue weighted by Crippen LogP contribution is -2.27. The van der Waals surface area contributed by atoms with E-state index in [0.29, 0.717) is 36.5 Å². The van der Waals surface area contributed by atoms with Gasteiger partial charge in [-0.05, 0) is 26.3 Å². The summed E-state index contributed by atoms with van der Waals surface area (Å²) in [5.41, 5.74) is 2.24. The average molecular weight is 308 g/mol. The van der Waals surface area contributed by atoms with Gasteiger partial charge >= 0.3 is 5.97 Å². The smallest absolute Gasteiger partial charge is 0.355 e. The normalized spacial score (nSPS) is 10.4. The number of amides is 1. The van der Waals surface area contributed by atoms with E-state index in [1.54, 1.807) is 31.6 Å². The maximum Gasteiger partial charge on any atom is 0.355 e. The molecule has 122 valence electrons. The van der Waals surface area contributed by atoms with Crippen LogP contribution < -0.4 is 5.32 Å². The molecule has 0 spiro atoms. The Bertz CT molecular complexity index is 561. The van der Waals surface area contributed by atoms with Crippen LogP contribution in [0.15, 0.2) is 12.7 Å². The third kappa shape index (κ3) is 3.76. The number of ether oxygens (including phenoxy) is 2. The van der Waals surface area contributed by atoms with Crippen molar-refractivity contribution in [2.24, 2.45) is 0 Å². The zero-order valence-corrected chi connectivity index (χ0v) is 13.7. The molecule has 0 aliphatic heterocycles. The van der Waals surface area contributed by atoms with Crippen LogP contribution in [0.1, 0.15) is 39.0 Å². The molecule has 1 rings (SSSR count). The molecular formula is C16H24N2O4. The second kappa shape index (κ2) is 8.38. The molecule has 6 heteroatoms. The lowest BCUT2D eigenvalue weighted by Gasteiger charge is -2.09. The molecule has 0 saturated carbocycles. The molecule has 0 aliphatic carbocycles. The van der Waals surface area contributed by atoms with E-state index in [0.717, 1.165) is 5.69 Å². The van der Waals surface area contributed by atoms with Crippen LogP contribution in [0, 0.1) is 13.8 Å². The quantitative estimate of drug-likeness (QED) is 0.452. The first-order valence-corrected chi connectivity index (χ1v) is 7.24. The van der Waals surface area contributed by atoms with Gasteiger partial charge in [0.25, 0.3) is 5.91 Å². The van der Waals surface area contributed by atoms with Gasteiger partial charge in [0.05, 0.1) is 18.8 Å². The number of methoxy groups -OCH3 is 1. The van der Waals surface area contributed by atoms with Gasteiger partial charge in [0.2, 0.25) is 0 Å². The van der Waals surface area contributed by atoms with E-state index in [9.17, 15) is 9.59 Å². The molecule has 0 aliphatic rings. The summed E-state index contributed by atoms with van der Waals surface area (Å²) in [6, 6.07) is 0. The van der Waals surface area contributed by atoms with Crippen molar-refractivity contribution in [3.8, 4) is 0 Å². The minimum absolute atomic E-state index is 0.222. The van der Waals surface area contributed by atoms with Gasteiger partial charge < -0.3 is 19.4 Å². The summed E-state index contributed by atoms with van der Waals surface area (Å²) >= 11 is 0. The largest absolute Gasteiger partial charge is 0.461 e. The highest BCUT2D eigenvalue weighted by Crippen LogP contribution is 2.23. The van der Waals surface area contributed by atoms with Crippen molar-refractivity contribution >= 4 is 11.9 Å². The molecule has 22 heavy (non-hydrogen) atoms. The SMILES string of the molecule is C=CCn1c(C)c(C(=O)NCCOC)c(C)c1C(=O)OCC. The van der Waals surface area contributed by atoms with Gasteiger partial charge in [0.15, 0.2) is 0 Å². The maximum absolute atomic E-state index is 12.4. The first-order valence-electron chi connectivity index (χ1n) is 7.24. The van der Waals surface area contributed by atoms with Crippen LogP contribution in [0.4, 0.5) is 0 Å². The molecular weight excluding hydrogens is 284 g/mol. The Kier molecular flexibility index (Phi) is 6.85. The lowest BCUT2D eigenvalue weighted by molar-refractivity contribution is 0.0513. The zero-order chi connectivity index (χ0) is 16.7. The molecule has 0 radical (unpaired) electrons. The molecule has 1 aromatic heterocycles. The summed E-state index contributed by atoms with van der Waals surface area (Å²) in [4.78, 5) is 24.5. The number of allylic oxidation sites excluding steroid dienone is 1. The topological polar surface area (TPSA) is 69.6 Å². The van der Waals surface area contributed by atoms with Gasteiger partial charge in [-0.25, -0.2) is 4.79 Å². The number of aromatic nitrogens is 1. The van der Waals surface area contributed by atoms with Gasteiger partial charge in [-0.3, -0.25) is 4.79 Å². The Morgan fingerprint density at radius 1 is 1.36 bits per heavy atom. The minimum atomic E-state index is -0.430. The predicted octanol–water partition coefficient (Wildman–Crippen LogP) is 1.84. The number of carbonyl (C=O) groups excluding carboxylic acids is 2. The number of hydrogen-bond donors (Lipinski definition) is 1. The third-order valence-electron chi connectivity index (χ3n) is 3.37. The van der Waals surface area contributed by atoms with E-state index < -0.39 is 5.97 Å². The summed E-state index contributed by atoms with van der Waals surface area (Å²) in [6.45, 7) is 10.6. The lowest BCUT2D eigenvalue weighted by atomic mass is 10.1. The molecule has 0 bridgehead atoms. The summed E-state index contributed by atoms with van der Waals surface area (Å²) in [5, 5.41) is 2.78. The van der Waals surface area contributed by atoms with E-state index in [-0.39, 0.29) is 12.5 Å². The van der Waals surface area contributed by atoms with Gasteiger partial charge in [-0.15, -0.1) is 6.58 Å². The number of carbonyl (C=O) groups is 2. The van der Waals surface area contributed by atoms with Crippen molar-refractivity contribution in [2.45, 2.75) is 27.3 Å². The third-order valence-corrected chi connectivity index (χ3v) is 3.37. The molecule has 1 amide bonds. The van der Waals surface area contributed by atoms with E-state index >= 15 is 0 Å². The predicted molar refractivity (Wildman–Crippen MR) is 84.3 cm³/mol. The number of nitrogens with one attached hydrogen (secondary N) is 1. The van der Waals surface area contributed by atoms with Crippen molar-refractivity contribution in [1.82, 2.24) is 9.88 Å². The molecule has 6 nitrogen and oxygen atoms in total. The van der Waals surface area contributed by atoms with Crippen LogP contribution in [0.5, 0.6) is 0 Å². The van der Waals surface area contributed by atoms with Crippen molar-refractivity contribution in [3.05, 3.63) is 35.2 Å². The van der Waals surface area contributed by atoms with E-state index in [4.69, 9.17) is 9.47 Å². The van der Waals surface area contributed by atoms with Gasteiger partial charge in [-0.1, -0.05) is 6.08 Å². The average Bonchev–Trinajstić information content (AvgIpc) is 2.71. The molecule has 0 saturated heterocycles. The monoisotopic (exact) mass is 308 g/mol. The van der Waals surface area contributed by atoms with Crippen LogP contribution in [0.3, 0.4) is 0 Å². The van der Waals surface area contributed by atoms with Crippen molar-refractivity contribution in [2.75, 3.05) is 26.9 Å². The molecule has 0 unspecified atom stereocenters. The second-order valence-corrected chi connectivity index (χ2v) is 4.80. The molecule has 0 fully saturated rings.